The number of hydrogen-bond acceptors (Lipinski definition) is 8. The number of benzene rings is 6. The molecule has 0 aliphatic rings. The highest BCUT2D eigenvalue weighted by Crippen LogP contribution is 2.42. The van der Waals surface area contributed by atoms with Gasteiger partial charge in [0.15, 0.2) is 0 Å². The molecule has 0 saturated carbocycles. The smallest absolute Gasteiger partial charge is 0.312 e. The predicted molar refractivity (Wildman–Crippen MR) is 287 cm³/mol. The Hall–Kier alpha value is -7.10. The molecule has 0 fully saturated rings. The van der Waals surface area contributed by atoms with Crippen molar-refractivity contribution in [3.63, 3.8) is 0 Å². The zero-order valence-corrected chi connectivity index (χ0v) is 43.5. The molecule has 0 aromatic heterocycles. The Balaban J connectivity index is 0.000000267. The van der Waals surface area contributed by atoms with Crippen LogP contribution in [0.3, 0.4) is 0 Å². The van der Waals surface area contributed by atoms with Crippen molar-refractivity contribution in [2.45, 2.75) is 119 Å². The Labute approximate surface area is 429 Å². The molecule has 376 valence electrons. The van der Waals surface area contributed by atoms with Crippen molar-refractivity contribution >= 4 is 11.9 Å². The van der Waals surface area contributed by atoms with Gasteiger partial charge in [-0.1, -0.05) is 121 Å². The molecule has 6 aromatic carbocycles. The fraction of sp³-hybridized carbons (Fsp3) is 0.344. The highest BCUT2D eigenvalue weighted by atomic mass is 16.5. The average molecular weight is 969 g/mol. The van der Waals surface area contributed by atoms with Crippen molar-refractivity contribution in [3.8, 4) is 36.2 Å². The Morgan fingerprint density at radius 3 is 1.15 bits per heavy atom. The third-order valence-electron chi connectivity index (χ3n) is 13.3. The van der Waals surface area contributed by atoms with E-state index < -0.39 is 10.8 Å². The number of aryl methyl sites for hydroxylation is 2. The maximum atomic E-state index is 13.2. The Morgan fingerprint density at radius 1 is 0.472 bits per heavy atom. The molecule has 6 aromatic rings. The summed E-state index contributed by atoms with van der Waals surface area (Å²) >= 11 is 0. The van der Waals surface area contributed by atoms with E-state index in [1.54, 1.807) is 14.2 Å². The van der Waals surface area contributed by atoms with Gasteiger partial charge in [-0.05, 0) is 134 Å². The second-order valence-corrected chi connectivity index (χ2v) is 19.2. The average Bonchev–Trinajstić information content (AvgIpc) is 3.40. The second kappa shape index (κ2) is 28.1. The minimum absolute atomic E-state index is 0.0854. The molecule has 2 unspecified atom stereocenters. The summed E-state index contributed by atoms with van der Waals surface area (Å²) in [4.78, 5) is 26.5. The van der Waals surface area contributed by atoms with Crippen molar-refractivity contribution in [1.29, 1.82) is 0 Å². The van der Waals surface area contributed by atoms with Crippen molar-refractivity contribution in [3.05, 3.63) is 201 Å². The summed E-state index contributed by atoms with van der Waals surface area (Å²) in [5.74, 6) is 6.49. The van der Waals surface area contributed by atoms with Crippen LogP contribution in [0.1, 0.15) is 121 Å². The fourth-order valence-corrected chi connectivity index (χ4v) is 8.57. The van der Waals surface area contributed by atoms with Crippen LogP contribution in [0.2, 0.25) is 0 Å². The minimum Gasteiger partial charge on any atom is -0.497 e. The van der Waals surface area contributed by atoms with Gasteiger partial charge in [0, 0.05) is 24.7 Å². The van der Waals surface area contributed by atoms with Crippen LogP contribution >= 0.6 is 0 Å². The maximum Gasteiger partial charge on any atom is 0.312 e. The molecule has 2 atom stereocenters. The summed E-state index contributed by atoms with van der Waals surface area (Å²) in [6.45, 7) is 14.4. The molecule has 0 aliphatic carbocycles. The lowest BCUT2D eigenvalue weighted by atomic mass is 9.72. The van der Waals surface area contributed by atoms with E-state index in [0.717, 1.165) is 67.1 Å². The van der Waals surface area contributed by atoms with Gasteiger partial charge in [0.2, 0.25) is 0 Å². The standard InChI is InChI=1S/2C32H36O4/c2*1-6-7-13-30(32(3,4)31(33)36-22-25-11-9-8-10-12-25)27-17-14-24(2)28(20-27)23-35-21-26-15-18-29(34-5)19-16-26/h2*1,8-12,14-20,30H,7,13,21-23H2,2-5H3. The third kappa shape index (κ3) is 16.5. The normalized spacial score (nSPS) is 12.0. The van der Waals surface area contributed by atoms with Gasteiger partial charge < -0.3 is 28.4 Å². The van der Waals surface area contributed by atoms with Crippen LogP contribution in [0.25, 0.3) is 0 Å². The van der Waals surface area contributed by atoms with Gasteiger partial charge in [0.05, 0.1) is 51.5 Å². The first kappa shape index (κ1) is 55.8. The molecule has 0 amide bonds. The predicted octanol–water partition coefficient (Wildman–Crippen LogP) is 14.0. The topological polar surface area (TPSA) is 89.5 Å². The van der Waals surface area contributed by atoms with Gasteiger partial charge >= 0.3 is 11.9 Å². The molecule has 0 aliphatic heterocycles. The van der Waals surface area contributed by atoms with E-state index in [9.17, 15) is 9.59 Å². The number of rotatable bonds is 24. The molecule has 6 rings (SSSR count). The van der Waals surface area contributed by atoms with E-state index in [2.05, 4.69) is 62.1 Å². The first-order chi connectivity index (χ1) is 34.7. The highest BCUT2D eigenvalue weighted by Gasteiger charge is 2.40. The molecule has 8 heteroatoms. The van der Waals surface area contributed by atoms with E-state index in [1.165, 1.54) is 0 Å². The summed E-state index contributed by atoms with van der Waals surface area (Å²) in [6.07, 6.45) is 13.8. The van der Waals surface area contributed by atoms with Crippen LogP contribution in [0.4, 0.5) is 0 Å². The zero-order valence-electron chi connectivity index (χ0n) is 43.5. The summed E-state index contributed by atoms with van der Waals surface area (Å²) in [6, 6.07) is 47.9. The molecule has 72 heavy (non-hydrogen) atoms. The SMILES string of the molecule is C#CCCC(c1ccc(C)c(COCc2ccc(OC)cc2)c1)C(C)(C)C(=O)OCc1ccccc1.C#CCCC(c1ccc(C)c(COCc2ccc(OC)cc2)c1)C(C)(C)C(=O)OCc1ccccc1. The molecular formula is C64H72O8. The van der Waals surface area contributed by atoms with E-state index in [0.29, 0.717) is 52.1 Å². The number of terminal acetylenes is 2. The lowest BCUT2D eigenvalue weighted by molar-refractivity contribution is -0.157. The van der Waals surface area contributed by atoms with Crippen molar-refractivity contribution in [2.24, 2.45) is 10.8 Å². The Morgan fingerprint density at radius 2 is 0.819 bits per heavy atom. The van der Waals surface area contributed by atoms with Crippen molar-refractivity contribution in [1.82, 2.24) is 0 Å². The number of hydrogen-bond donors (Lipinski definition) is 0. The van der Waals surface area contributed by atoms with Crippen LogP contribution in [-0.2, 0) is 68.2 Å². The largest absolute Gasteiger partial charge is 0.497 e. The quantitative estimate of drug-likeness (QED) is 0.0438. The van der Waals surface area contributed by atoms with E-state index in [4.69, 9.17) is 41.3 Å². The first-order valence-corrected chi connectivity index (χ1v) is 24.6. The molecule has 0 heterocycles. The highest BCUT2D eigenvalue weighted by molar-refractivity contribution is 5.78. The lowest BCUT2D eigenvalue weighted by Gasteiger charge is -2.33. The molecule has 8 nitrogen and oxygen atoms in total. The second-order valence-electron chi connectivity index (χ2n) is 19.2. The molecule has 0 saturated heterocycles. The monoisotopic (exact) mass is 969 g/mol. The molecule has 0 radical (unpaired) electrons. The molecule has 0 N–H and O–H groups in total. The molecule has 0 spiro atoms. The van der Waals surface area contributed by atoms with Gasteiger partial charge in [0.1, 0.15) is 24.7 Å². The van der Waals surface area contributed by atoms with Gasteiger partial charge in [-0.3, -0.25) is 9.59 Å². The fourth-order valence-electron chi connectivity index (χ4n) is 8.57. The van der Waals surface area contributed by atoms with Gasteiger partial charge in [-0.2, -0.15) is 0 Å². The number of methoxy groups -OCH3 is 2. The number of ether oxygens (including phenoxy) is 6. The molecule has 0 bridgehead atoms. The Bertz CT molecular complexity index is 2500. The number of carbonyl (C=O) groups is 2. The summed E-state index contributed by atoms with van der Waals surface area (Å²) in [7, 11) is 3.31. The van der Waals surface area contributed by atoms with Crippen LogP contribution in [-0.4, -0.2) is 26.2 Å². The maximum absolute atomic E-state index is 13.2. The van der Waals surface area contributed by atoms with Crippen molar-refractivity contribution in [2.75, 3.05) is 14.2 Å². The van der Waals surface area contributed by atoms with Gasteiger partial charge in [0.25, 0.3) is 0 Å². The minimum atomic E-state index is -0.748. The first-order valence-electron chi connectivity index (χ1n) is 24.6. The zero-order chi connectivity index (χ0) is 51.9. The van der Waals surface area contributed by atoms with Gasteiger partial charge in [-0.25, -0.2) is 0 Å². The van der Waals surface area contributed by atoms with Crippen molar-refractivity contribution < 1.29 is 38.0 Å². The van der Waals surface area contributed by atoms with Crippen LogP contribution in [0.5, 0.6) is 11.5 Å². The van der Waals surface area contributed by atoms with E-state index in [-0.39, 0.29) is 37.0 Å². The molecular weight excluding hydrogens is 897 g/mol. The summed E-state index contributed by atoms with van der Waals surface area (Å²) in [5.41, 5.74) is 9.23. The van der Waals surface area contributed by atoms with Gasteiger partial charge in [-0.15, -0.1) is 24.7 Å². The lowest BCUT2D eigenvalue weighted by Crippen LogP contribution is -2.33. The van der Waals surface area contributed by atoms with E-state index in [1.807, 2.05) is 137 Å². The van der Waals surface area contributed by atoms with Crippen LogP contribution < -0.4 is 9.47 Å². The Kier molecular flexibility index (Phi) is 21.8. The third-order valence-corrected chi connectivity index (χ3v) is 13.3. The summed E-state index contributed by atoms with van der Waals surface area (Å²) in [5, 5.41) is 0. The summed E-state index contributed by atoms with van der Waals surface area (Å²) < 4.78 is 34.0. The van der Waals surface area contributed by atoms with E-state index >= 15 is 0 Å². The number of carbonyl (C=O) groups excluding carboxylic acids is 2. The van der Waals surface area contributed by atoms with Crippen LogP contribution in [0.15, 0.2) is 146 Å². The number of esters is 2. The van der Waals surface area contributed by atoms with Crippen LogP contribution in [0, 0.1) is 49.4 Å².